The van der Waals surface area contributed by atoms with E-state index in [9.17, 15) is 5.11 Å². The van der Waals surface area contributed by atoms with E-state index >= 15 is 0 Å². The van der Waals surface area contributed by atoms with Gasteiger partial charge >= 0.3 is 0 Å². The summed E-state index contributed by atoms with van der Waals surface area (Å²) in [6.45, 7) is 5.78. The molecule has 0 aliphatic heterocycles. The fourth-order valence-electron chi connectivity index (χ4n) is 1.31. The van der Waals surface area contributed by atoms with E-state index in [-0.39, 0.29) is 12.0 Å². The van der Waals surface area contributed by atoms with Crippen molar-refractivity contribution in [1.82, 2.24) is 0 Å². The molecule has 2 atom stereocenters. The van der Waals surface area contributed by atoms with E-state index in [1.165, 1.54) is 0 Å². The maximum Gasteiger partial charge on any atom is 0.0642 e. The van der Waals surface area contributed by atoms with Gasteiger partial charge in [-0.3, -0.25) is 0 Å². The van der Waals surface area contributed by atoms with Gasteiger partial charge in [0, 0.05) is 5.92 Å². The maximum atomic E-state index is 9.43. The van der Waals surface area contributed by atoms with Crippen molar-refractivity contribution in [3.63, 3.8) is 0 Å². The average Bonchev–Trinajstić information content (AvgIpc) is 1.88. The van der Waals surface area contributed by atoms with Crippen LogP contribution in [0.25, 0.3) is 0 Å². The van der Waals surface area contributed by atoms with E-state index < -0.39 is 0 Å². The fourth-order valence-corrected chi connectivity index (χ4v) is 1.31. The van der Waals surface area contributed by atoms with Gasteiger partial charge in [-0.15, -0.1) is 0 Å². The number of rotatable bonds is 1. The van der Waals surface area contributed by atoms with Gasteiger partial charge in [0.25, 0.3) is 0 Å². The van der Waals surface area contributed by atoms with Crippen LogP contribution in [0.15, 0.2) is 24.3 Å². The molecule has 1 N–H and O–H groups in total. The summed E-state index contributed by atoms with van der Waals surface area (Å²) in [5.41, 5.74) is 1.06. The molecule has 0 heterocycles. The molecule has 0 saturated heterocycles. The first-order valence-electron chi connectivity index (χ1n) is 3.72. The van der Waals surface area contributed by atoms with Crippen LogP contribution in [-0.2, 0) is 0 Å². The highest BCUT2D eigenvalue weighted by atomic mass is 16.3. The normalized spacial score (nSPS) is 32.2. The Bertz CT molecular complexity index is 158. The van der Waals surface area contributed by atoms with Crippen molar-refractivity contribution in [1.29, 1.82) is 0 Å². The minimum atomic E-state index is -0.192. The summed E-state index contributed by atoms with van der Waals surface area (Å²) < 4.78 is 0. The zero-order valence-corrected chi connectivity index (χ0v) is 6.38. The Balaban J connectivity index is 2.64. The molecular weight excluding hydrogens is 124 g/mol. The van der Waals surface area contributed by atoms with E-state index in [2.05, 4.69) is 18.7 Å². The van der Waals surface area contributed by atoms with Gasteiger partial charge in [-0.2, -0.15) is 0 Å². The lowest BCUT2D eigenvalue weighted by molar-refractivity contribution is 0.131. The van der Waals surface area contributed by atoms with Crippen molar-refractivity contribution >= 4 is 0 Å². The summed E-state index contributed by atoms with van der Waals surface area (Å²) in [5.74, 6) is 0.203. The van der Waals surface area contributed by atoms with Crippen molar-refractivity contribution in [3.05, 3.63) is 24.3 Å². The highest BCUT2D eigenvalue weighted by Crippen LogP contribution is 2.23. The lowest BCUT2D eigenvalue weighted by Crippen LogP contribution is -2.21. The van der Waals surface area contributed by atoms with Crippen LogP contribution in [0.3, 0.4) is 0 Å². The monoisotopic (exact) mass is 138 g/mol. The second-order valence-corrected chi connectivity index (χ2v) is 2.94. The molecule has 0 aromatic rings. The quantitative estimate of drug-likeness (QED) is 0.548. The Morgan fingerprint density at radius 2 is 2.40 bits per heavy atom. The summed E-state index contributed by atoms with van der Waals surface area (Å²) in [6.07, 6.45) is 5.86. The molecular formula is C9H14O. The highest BCUT2D eigenvalue weighted by Gasteiger charge is 2.18. The topological polar surface area (TPSA) is 20.2 Å². The van der Waals surface area contributed by atoms with Gasteiger partial charge in [0.1, 0.15) is 0 Å². The average molecular weight is 138 g/mol. The third kappa shape index (κ3) is 1.48. The fraction of sp³-hybridized carbons (Fsp3) is 0.556. The molecule has 1 nitrogen and oxygen atoms in total. The number of hydrogen-bond donors (Lipinski definition) is 1. The smallest absolute Gasteiger partial charge is 0.0642 e. The van der Waals surface area contributed by atoms with Crippen LogP contribution in [-0.4, -0.2) is 11.2 Å². The predicted molar refractivity (Wildman–Crippen MR) is 42.7 cm³/mol. The zero-order chi connectivity index (χ0) is 7.56. The third-order valence-electron chi connectivity index (χ3n) is 1.96. The van der Waals surface area contributed by atoms with Crippen molar-refractivity contribution < 1.29 is 5.11 Å². The number of hydrogen-bond acceptors (Lipinski definition) is 1. The molecule has 1 aliphatic rings. The molecule has 0 unspecified atom stereocenters. The van der Waals surface area contributed by atoms with Crippen molar-refractivity contribution in [2.24, 2.45) is 5.92 Å². The predicted octanol–water partition coefficient (Wildman–Crippen LogP) is 1.89. The first-order chi connectivity index (χ1) is 4.72. The van der Waals surface area contributed by atoms with Crippen LogP contribution in [0.4, 0.5) is 0 Å². The molecule has 0 fully saturated rings. The van der Waals surface area contributed by atoms with Gasteiger partial charge in [0.05, 0.1) is 6.10 Å². The number of aliphatic hydroxyl groups is 1. The lowest BCUT2D eigenvalue weighted by atomic mass is 9.88. The second kappa shape index (κ2) is 3.02. The van der Waals surface area contributed by atoms with Crippen LogP contribution < -0.4 is 0 Å². The van der Waals surface area contributed by atoms with Crippen LogP contribution >= 0.6 is 0 Å². The van der Waals surface area contributed by atoms with E-state index in [1.54, 1.807) is 0 Å². The van der Waals surface area contributed by atoms with E-state index in [0.29, 0.717) is 0 Å². The van der Waals surface area contributed by atoms with Gasteiger partial charge in [-0.25, -0.2) is 0 Å². The molecule has 1 aliphatic carbocycles. The summed E-state index contributed by atoms with van der Waals surface area (Å²) in [6, 6.07) is 0. The van der Waals surface area contributed by atoms with E-state index in [4.69, 9.17) is 0 Å². The molecule has 56 valence electrons. The Morgan fingerprint density at radius 3 is 2.80 bits per heavy atom. The Morgan fingerprint density at radius 1 is 1.70 bits per heavy atom. The Labute approximate surface area is 62.1 Å². The van der Waals surface area contributed by atoms with Gasteiger partial charge in [-0.05, 0) is 19.8 Å². The van der Waals surface area contributed by atoms with Gasteiger partial charge < -0.3 is 5.11 Å². The minimum absolute atomic E-state index is 0.192. The maximum absolute atomic E-state index is 9.43. The van der Waals surface area contributed by atoms with E-state index in [1.807, 2.05) is 6.92 Å². The molecule has 0 aromatic heterocycles. The Kier molecular flexibility index (Phi) is 2.28. The molecule has 1 heteroatoms. The first-order valence-corrected chi connectivity index (χ1v) is 3.72. The zero-order valence-electron chi connectivity index (χ0n) is 6.38. The molecule has 0 amide bonds. The number of aliphatic hydroxyl groups excluding tert-OH is 1. The molecule has 0 spiro atoms. The Hall–Kier alpha value is -0.560. The molecule has 1 rings (SSSR count). The molecule has 0 radical (unpaired) electrons. The van der Waals surface area contributed by atoms with Gasteiger partial charge in [0.2, 0.25) is 0 Å². The molecule has 0 bridgehead atoms. The first kappa shape index (κ1) is 7.55. The van der Waals surface area contributed by atoms with Crippen molar-refractivity contribution in [2.45, 2.75) is 25.9 Å². The standard InChI is InChI=1S/C9H14O/c1-7(2)8-5-3-4-6-9(8)10/h3,5,8-10H,1,4,6H2,2H3/t8-,9+/m0/s1. The molecule has 10 heavy (non-hydrogen) atoms. The third-order valence-corrected chi connectivity index (χ3v) is 1.96. The summed E-state index contributed by atoms with van der Waals surface area (Å²) >= 11 is 0. The van der Waals surface area contributed by atoms with Gasteiger partial charge in [0.15, 0.2) is 0 Å². The van der Waals surface area contributed by atoms with Crippen LogP contribution in [0, 0.1) is 5.92 Å². The largest absolute Gasteiger partial charge is 0.392 e. The van der Waals surface area contributed by atoms with Crippen LogP contribution in [0.1, 0.15) is 19.8 Å². The van der Waals surface area contributed by atoms with Crippen molar-refractivity contribution in [2.75, 3.05) is 0 Å². The highest BCUT2D eigenvalue weighted by molar-refractivity contribution is 5.12. The van der Waals surface area contributed by atoms with E-state index in [0.717, 1.165) is 18.4 Å². The minimum Gasteiger partial charge on any atom is -0.392 e. The molecule has 0 saturated carbocycles. The summed E-state index contributed by atoms with van der Waals surface area (Å²) in [4.78, 5) is 0. The van der Waals surface area contributed by atoms with Crippen LogP contribution in [0.2, 0.25) is 0 Å². The van der Waals surface area contributed by atoms with Gasteiger partial charge in [-0.1, -0.05) is 24.3 Å². The SMILES string of the molecule is C=C(C)[C@@H]1C=CCC[C@H]1O. The number of allylic oxidation sites excluding steroid dienone is 1. The lowest BCUT2D eigenvalue weighted by Gasteiger charge is -2.22. The molecule has 0 aromatic carbocycles. The summed E-state index contributed by atoms with van der Waals surface area (Å²) in [5, 5.41) is 9.43. The summed E-state index contributed by atoms with van der Waals surface area (Å²) in [7, 11) is 0. The van der Waals surface area contributed by atoms with Crippen LogP contribution in [0.5, 0.6) is 0 Å². The second-order valence-electron chi connectivity index (χ2n) is 2.94. The van der Waals surface area contributed by atoms with Crippen molar-refractivity contribution in [3.8, 4) is 0 Å².